The number of aromatic nitrogens is 1. The Morgan fingerprint density at radius 3 is 2.79 bits per heavy atom. The molecule has 0 atom stereocenters. The van der Waals surface area contributed by atoms with Crippen LogP contribution in [0, 0.1) is 10.1 Å². The molecule has 1 aromatic rings. The van der Waals surface area contributed by atoms with Crippen LogP contribution in [0.5, 0.6) is 0 Å². The molecule has 7 heteroatoms. The van der Waals surface area contributed by atoms with Crippen molar-refractivity contribution in [3.63, 3.8) is 0 Å². The summed E-state index contributed by atoms with van der Waals surface area (Å²) >= 11 is 5.73. The second-order valence-electron chi connectivity index (χ2n) is 4.04. The molecule has 19 heavy (non-hydrogen) atoms. The van der Waals surface area contributed by atoms with Gasteiger partial charge in [0.25, 0.3) is 6.54 Å². The highest BCUT2D eigenvalue weighted by atomic mass is 35.5. The van der Waals surface area contributed by atoms with E-state index in [0.29, 0.717) is 24.1 Å². The van der Waals surface area contributed by atoms with Gasteiger partial charge in [0.05, 0.1) is 0 Å². The lowest BCUT2D eigenvalue weighted by Gasteiger charge is -2.23. The zero-order valence-electron chi connectivity index (χ0n) is 11.0. The molecule has 0 amide bonds. The molecule has 104 valence electrons. The smallest absolute Gasteiger partial charge is 0.260 e. The quantitative estimate of drug-likeness (QED) is 0.264. The van der Waals surface area contributed by atoms with Gasteiger partial charge in [0.1, 0.15) is 5.15 Å². The Hall–Kier alpha value is -1.69. The largest absolute Gasteiger partial charge is 0.351 e. The molecular weight excluding hydrogens is 268 g/mol. The van der Waals surface area contributed by atoms with Crippen LogP contribution in [-0.2, 0) is 6.54 Å². The van der Waals surface area contributed by atoms with Crippen molar-refractivity contribution in [1.29, 1.82) is 0 Å². The number of nitro groups is 1. The van der Waals surface area contributed by atoms with Crippen LogP contribution in [0.4, 0.5) is 0 Å². The van der Waals surface area contributed by atoms with E-state index in [1.807, 2.05) is 17.9 Å². The third-order valence-electron chi connectivity index (χ3n) is 2.55. The van der Waals surface area contributed by atoms with E-state index in [9.17, 15) is 10.1 Å². The first-order valence-electron chi connectivity index (χ1n) is 5.99. The molecule has 0 aromatic carbocycles. The summed E-state index contributed by atoms with van der Waals surface area (Å²) in [5, 5.41) is 11.1. The highest BCUT2D eigenvalue weighted by Crippen LogP contribution is 2.09. The molecule has 0 aliphatic heterocycles. The molecule has 0 radical (unpaired) electrons. The first-order valence-corrected chi connectivity index (χ1v) is 6.37. The Labute approximate surface area is 117 Å². The second-order valence-corrected chi connectivity index (χ2v) is 4.43. The zero-order chi connectivity index (χ0) is 14.3. The van der Waals surface area contributed by atoms with Gasteiger partial charge >= 0.3 is 0 Å². The van der Waals surface area contributed by atoms with Gasteiger partial charge in [0.2, 0.25) is 0 Å². The highest BCUT2D eigenvalue weighted by molar-refractivity contribution is 6.29. The van der Waals surface area contributed by atoms with E-state index in [1.165, 1.54) is 0 Å². The summed E-state index contributed by atoms with van der Waals surface area (Å²) in [5.41, 5.74) is 0.947. The molecule has 6 nitrogen and oxygen atoms in total. The Morgan fingerprint density at radius 1 is 1.58 bits per heavy atom. The predicted octanol–water partition coefficient (Wildman–Crippen LogP) is 2.25. The number of pyridine rings is 1. The highest BCUT2D eigenvalue weighted by Gasteiger charge is 2.15. The third kappa shape index (κ3) is 5.21. The molecule has 0 aliphatic carbocycles. The zero-order valence-corrected chi connectivity index (χ0v) is 11.8. The molecule has 1 rings (SSSR count). The van der Waals surface area contributed by atoms with Gasteiger partial charge in [-0.1, -0.05) is 24.6 Å². The summed E-state index contributed by atoms with van der Waals surface area (Å²) in [6, 6.07) is 3.56. The Bertz CT molecular complexity index is 448. The fourth-order valence-electron chi connectivity index (χ4n) is 1.72. The van der Waals surface area contributed by atoms with Gasteiger partial charge in [-0.25, -0.2) is 4.98 Å². The van der Waals surface area contributed by atoms with E-state index in [2.05, 4.69) is 9.98 Å². The average Bonchev–Trinajstić information content (AvgIpc) is 2.38. The van der Waals surface area contributed by atoms with Crippen molar-refractivity contribution in [3.05, 3.63) is 39.2 Å². The van der Waals surface area contributed by atoms with Gasteiger partial charge in [0, 0.05) is 31.3 Å². The fraction of sp³-hybridized carbons (Fsp3) is 0.500. The van der Waals surface area contributed by atoms with E-state index in [0.717, 1.165) is 12.0 Å². The lowest BCUT2D eigenvalue weighted by Crippen LogP contribution is -2.36. The molecule has 0 bridgehead atoms. The van der Waals surface area contributed by atoms with Crippen molar-refractivity contribution in [2.45, 2.75) is 19.9 Å². The molecule has 0 N–H and O–H groups in total. The van der Waals surface area contributed by atoms with E-state index >= 15 is 0 Å². The monoisotopic (exact) mass is 284 g/mol. The molecule has 0 fully saturated rings. The topological polar surface area (TPSA) is 71.6 Å². The van der Waals surface area contributed by atoms with Crippen molar-refractivity contribution in [2.75, 3.05) is 20.1 Å². The maximum absolute atomic E-state index is 10.6. The Kier molecular flexibility index (Phi) is 6.21. The number of halogens is 1. The number of amidine groups is 1. The van der Waals surface area contributed by atoms with Crippen LogP contribution in [0.2, 0.25) is 5.15 Å². The van der Waals surface area contributed by atoms with Crippen LogP contribution >= 0.6 is 11.6 Å². The van der Waals surface area contributed by atoms with Gasteiger partial charge < -0.3 is 4.90 Å². The number of aliphatic imine (C=N–C) groups is 1. The number of nitrogens with zero attached hydrogens (tertiary/aromatic N) is 4. The lowest BCUT2D eigenvalue weighted by molar-refractivity contribution is -0.464. The van der Waals surface area contributed by atoms with Crippen molar-refractivity contribution < 1.29 is 4.92 Å². The summed E-state index contributed by atoms with van der Waals surface area (Å²) < 4.78 is 0. The van der Waals surface area contributed by atoms with Crippen LogP contribution < -0.4 is 0 Å². The summed E-state index contributed by atoms with van der Waals surface area (Å²) in [5.74, 6) is 0.474. The van der Waals surface area contributed by atoms with Crippen LogP contribution in [0.15, 0.2) is 23.3 Å². The summed E-state index contributed by atoms with van der Waals surface area (Å²) in [6.07, 6.45) is 2.56. The Balaban J connectivity index is 2.81. The minimum Gasteiger partial charge on any atom is -0.351 e. The van der Waals surface area contributed by atoms with E-state index in [4.69, 9.17) is 11.6 Å². The second kappa shape index (κ2) is 7.68. The first-order chi connectivity index (χ1) is 9.06. The molecule has 0 unspecified atom stereocenters. The minimum absolute atomic E-state index is 0.266. The Morgan fingerprint density at radius 2 is 2.32 bits per heavy atom. The molecule has 0 aliphatic rings. The van der Waals surface area contributed by atoms with Crippen molar-refractivity contribution in [1.82, 2.24) is 9.88 Å². The fourth-order valence-corrected chi connectivity index (χ4v) is 1.83. The van der Waals surface area contributed by atoms with E-state index in [1.54, 1.807) is 19.3 Å². The maximum Gasteiger partial charge on any atom is 0.260 e. The van der Waals surface area contributed by atoms with Crippen LogP contribution in [0.1, 0.15) is 18.9 Å². The lowest BCUT2D eigenvalue weighted by atomic mass is 10.2. The molecule has 0 spiro atoms. The van der Waals surface area contributed by atoms with Gasteiger partial charge in [-0.15, -0.1) is 0 Å². The maximum atomic E-state index is 10.6. The van der Waals surface area contributed by atoms with Crippen LogP contribution in [0.25, 0.3) is 0 Å². The summed E-state index contributed by atoms with van der Waals surface area (Å²) in [6.45, 7) is 3.01. The molecule has 1 aromatic heterocycles. The normalized spacial score (nSPS) is 11.4. The summed E-state index contributed by atoms with van der Waals surface area (Å²) in [7, 11) is 1.57. The van der Waals surface area contributed by atoms with Crippen LogP contribution in [-0.4, -0.2) is 40.8 Å². The van der Waals surface area contributed by atoms with Gasteiger partial charge in [0.15, 0.2) is 5.84 Å². The number of hydrogen-bond donors (Lipinski definition) is 0. The van der Waals surface area contributed by atoms with Crippen molar-refractivity contribution in [3.8, 4) is 0 Å². The van der Waals surface area contributed by atoms with E-state index < -0.39 is 0 Å². The molecular formula is C12H17ClN4O2. The van der Waals surface area contributed by atoms with Gasteiger partial charge in [-0.3, -0.25) is 15.1 Å². The van der Waals surface area contributed by atoms with Crippen molar-refractivity contribution in [2.24, 2.45) is 4.99 Å². The molecule has 0 saturated heterocycles. The van der Waals surface area contributed by atoms with Crippen molar-refractivity contribution >= 4 is 17.4 Å². The first kappa shape index (κ1) is 15.4. The van der Waals surface area contributed by atoms with Gasteiger partial charge in [-0.05, 0) is 18.1 Å². The minimum atomic E-state index is -0.370. The average molecular weight is 285 g/mol. The number of hydrogen-bond acceptors (Lipinski definition) is 4. The standard InChI is InChI=1S/C12H17ClN4O2/c1-3-6-16(12(14-2)9-17(18)19)8-10-4-5-11(13)15-7-10/h4-5,7H,3,6,8-9H2,1-2H3. The number of rotatable bonds is 6. The third-order valence-corrected chi connectivity index (χ3v) is 2.77. The summed E-state index contributed by atoms with van der Waals surface area (Å²) in [4.78, 5) is 20.2. The predicted molar refractivity (Wildman–Crippen MR) is 75.2 cm³/mol. The van der Waals surface area contributed by atoms with Gasteiger partial charge in [-0.2, -0.15) is 0 Å². The van der Waals surface area contributed by atoms with E-state index in [-0.39, 0.29) is 11.5 Å². The molecule has 0 saturated carbocycles. The molecule has 1 heterocycles. The SMILES string of the molecule is CCCN(Cc1ccc(Cl)nc1)C(C[N+](=O)[O-])=NC. The van der Waals surface area contributed by atoms with Crippen LogP contribution in [0.3, 0.4) is 0 Å².